The molecule has 1 aliphatic carbocycles. The molecule has 1 aliphatic rings. The standard InChI is InChI=1S/C20H27F3O2/c1-13(7-6-10-15-8-4-5-9-15)17-11-16(20(21,22)23)12-18(14(17)2)19(24)25-3/h11-13,15H,4-10H2,1-3H3. The van der Waals surface area contributed by atoms with E-state index in [1.54, 1.807) is 6.92 Å². The van der Waals surface area contributed by atoms with Gasteiger partial charge in [0.1, 0.15) is 0 Å². The van der Waals surface area contributed by atoms with Gasteiger partial charge in [-0.05, 0) is 48.4 Å². The molecule has 0 bridgehead atoms. The summed E-state index contributed by atoms with van der Waals surface area (Å²) in [4.78, 5) is 11.9. The van der Waals surface area contributed by atoms with Crippen molar-refractivity contribution in [2.24, 2.45) is 5.92 Å². The van der Waals surface area contributed by atoms with Gasteiger partial charge >= 0.3 is 12.1 Å². The zero-order valence-corrected chi connectivity index (χ0v) is 15.2. The molecule has 5 heteroatoms. The minimum Gasteiger partial charge on any atom is -0.465 e. The molecule has 0 heterocycles. The number of hydrogen-bond acceptors (Lipinski definition) is 2. The van der Waals surface area contributed by atoms with Gasteiger partial charge in [-0.1, -0.05) is 45.4 Å². The lowest BCUT2D eigenvalue weighted by Gasteiger charge is -2.20. The van der Waals surface area contributed by atoms with Crippen molar-refractivity contribution in [1.29, 1.82) is 0 Å². The van der Waals surface area contributed by atoms with Gasteiger partial charge in [-0.15, -0.1) is 0 Å². The smallest absolute Gasteiger partial charge is 0.416 e. The van der Waals surface area contributed by atoms with E-state index >= 15 is 0 Å². The molecule has 25 heavy (non-hydrogen) atoms. The Bertz CT molecular complexity index is 602. The number of carbonyl (C=O) groups is 1. The molecule has 0 radical (unpaired) electrons. The number of benzene rings is 1. The fourth-order valence-electron chi connectivity index (χ4n) is 3.90. The third kappa shape index (κ3) is 4.99. The van der Waals surface area contributed by atoms with E-state index in [-0.39, 0.29) is 11.5 Å². The second kappa shape index (κ2) is 8.24. The van der Waals surface area contributed by atoms with Crippen molar-refractivity contribution in [2.45, 2.75) is 70.9 Å². The Balaban J connectivity index is 2.20. The fourth-order valence-corrected chi connectivity index (χ4v) is 3.90. The summed E-state index contributed by atoms with van der Waals surface area (Å²) in [5.74, 6) is 0.0375. The summed E-state index contributed by atoms with van der Waals surface area (Å²) in [5, 5.41) is 0. The lowest BCUT2D eigenvalue weighted by Crippen LogP contribution is -2.13. The Labute approximate surface area is 147 Å². The molecule has 0 aliphatic heterocycles. The highest BCUT2D eigenvalue weighted by atomic mass is 19.4. The quantitative estimate of drug-likeness (QED) is 0.562. The first-order chi connectivity index (χ1) is 11.7. The van der Waals surface area contributed by atoms with Crippen molar-refractivity contribution in [1.82, 2.24) is 0 Å². The van der Waals surface area contributed by atoms with Crippen molar-refractivity contribution < 1.29 is 22.7 Å². The van der Waals surface area contributed by atoms with Crippen LogP contribution in [0.2, 0.25) is 0 Å². The van der Waals surface area contributed by atoms with Gasteiger partial charge in [-0.3, -0.25) is 0 Å². The average molecular weight is 356 g/mol. The first kappa shape index (κ1) is 19.8. The van der Waals surface area contributed by atoms with Crippen LogP contribution in [0, 0.1) is 12.8 Å². The number of alkyl halides is 3. The molecule has 1 aromatic carbocycles. The van der Waals surface area contributed by atoms with Crippen LogP contribution in [0.5, 0.6) is 0 Å². The van der Waals surface area contributed by atoms with E-state index < -0.39 is 17.7 Å². The summed E-state index contributed by atoms with van der Waals surface area (Å²) in [7, 11) is 1.19. The van der Waals surface area contributed by atoms with Crippen molar-refractivity contribution in [2.75, 3.05) is 7.11 Å². The maximum absolute atomic E-state index is 13.2. The van der Waals surface area contributed by atoms with E-state index in [9.17, 15) is 18.0 Å². The monoisotopic (exact) mass is 356 g/mol. The van der Waals surface area contributed by atoms with Crippen LogP contribution in [-0.2, 0) is 10.9 Å². The molecule has 1 aromatic rings. The van der Waals surface area contributed by atoms with Gasteiger partial charge in [-0.25, -0.2) is 4.79 Å². The van der Waals surface area contributed by atoms with Crippen LogP contribution >= 0.6 is 0 Å². The predicted molar refractivity (Wildman–Crippen MR) is 91.7 cm³/mol. The summed E-state index contributed by atoms with van der Waals surface area (Å²) in [6.45, 7) is 3.65. The summed E-state index contributed by atoms with van der Waals surface area (Å²) in [5.41, 5.74) is 0.418. The Morgan fingerprint density at radius 3 is 2.48 bits per heavy atom. The highest BCUT2D eigenvalue weighted by molar-refractivity contribution is 5.91. The number of rotatable bonds is 6. The van der Waals surface area contributed by atoms with E-state index in [1.807, 2.05) is 6.92 Å². The van der Waals surface area contributed by atoms with E-state index in [0.29, 0.717) is 11.1 Å². The van der Waals surface area contributed by atoms with Crippen molar-refractivity contribution >= 4 is 5.97 Å². The highest BCUT2D eigenvalue weighted by Crippen LogP contribution is 2.36. The molecule has 0 amide bonds. The molecule has 0 N–H and O–H groups in total. The third-order valence-corrected chi connectivity index (χ3v) is 5.44. The van der Waals surface area contributed by atoms with Crippen LogP contribution in [0.3, 0.4) is 0 Å². The van der Waals surface area contributed by atoms with Gasteiger partial charge in [0.15, 0.2) is 0 Å². The second-order valence-corrected chi connectivity index (χ2v) is 7.21. The number of halogens is 3. The van der Waals surface area contributed by atoms with E-state index in [1.165, 1.54) is 38.9 Å². The minimum atomic E-state index is -4.48. The predicted octanol–water partition coefficient (Wildman–Crippen LogP) is 6.26. The fraction of sp³-hybridized carbons (Fsp3) is 0.650. The number of esters is 1. The molecule has 1 unspecified atom stereocenters. The normalized spacial score (nSPS) is 16.9. The molecule has 1 fully saturated rings. The van der Waals surface area contributed by atoms with Crippen LogP contribution in [0.25, 0.3) is 0 Å². The van der Waals surface area contributed by atoms with Crippen molar-refractivity contribution in [3.05, 3.63) is 34.4 Å². The maximum atomic E-state index is 13.2. The molecule has 2 nitrogen and oxygen atoms in total. The number of methoxy groups -OCH3 is 1. The Morgan fingerprint density at radius 2 is 1.92 bits per heavy atom. The number of hydrogen-bond donors (Lipinski definition) is 0. The van der Waals surface area contributed by atoms with Gasteiger partial charge in [-0.2, -0.15) is 13.2 Å². The SMILES string of the molecule is COC(=O)c1cc(C(F)(F)F)cc(C(C)CCCC2CCCC2)c1C. The average Bonchev–Trinajstić information content (AvgIpc) is 3.06. The topological polar surface area (TPSA) is 26.3 Å². The molecule has 140 valence electrons. The first-order valence-electron chi connectivity index (χ1n) is 9.04. The van der Waals surface area contributed by atoms with Gasteiger partial charge in [0.05, 0.1) is 18.2 Å². The Morgan fingerprint density at radius 1 is 1.28 bits per heavy atom. The van der Waals surface area contributed by atoms with Crippen LogP contribution in [-0.4, -0.2) is 13.1 Å². The van der Waals surface area contributed by atoms with Crippen LogP contribution < -0.4 is 0 Å². The summed E-state index contributed by atoms with van der Waals surface area (Å²) in [6, 6.07) is 2.10. The maximum Gasteiger partial charge on any atom is 0.416 e. The first-order valence-corrected chi connectivity index (χ1v) is 9.04. The van der Waals surface area contributed by atoms with Crippen LogP contribution in [0.1, 0.15) is 84.8 Å². The van der Waals surface area contributed by atoms with Gasteiger partial charge < -0.3 is 4.74 Å². The van der Waals surface area contributed by atoms with E-state index in [0.717, 1.165) is 31.2 Å². The van der Waals surface area contributed by atoms with Gasteiger partial charge in [0.2, 0.25) is 0 Å². The lowest BCUT2D eigenvalue weighted by molar-refractivity contribution is -0.137. The van der Waals surface area contributed by atoms with E-state index in [4.69, 9.17) is 0 Å². The highest BCUT2D eigenvalue weighted by Gasteiger charge is 2.33. The third-order valence-electron chi connectivity index (χ3n) is 5.44. The molecule has 1 atom stereocenters. The zero-order valence-electron chi connectivity index (χ0n) is 15.2. The van der Waals surface area contributed by atoms with Crippen molar-refractivity contribution in [3.8, 4) is 0 Å². The Hall–Kier alpha value is -1.52. The van der Waals surface area contributed by atoms with Crippen LogP contribution in [0.15, 0.2) is 12.1 Å². The molecule has 1 saturated carbocycles. The van der Waals surface area contributed by atoms with Crippen LogP contribution in [0.4, 0.5) is 13.2 Å². The number of carbonyl (C=O) groups excluding carboxylic acids is 1. The largest absolute Gasteiger partial charge is 0.465 e. The summed E-state index contributed by atoms with van der Waals surface area (Å²) >= 11 is 0. The molecular formula is C20H27F3O2. The second-order valence-electron chi connectivity index (χ2n) is 7.21. The molecule has 0 saturated heterocycles. The summed E-state index contributed by atoms with van der Waals surface area (Å²) < 4.78 is 44.3. The molecule has 2 rings (SSSR count). The summed E-state index contributed by atoms with van der Waals surface area (Å²) in [6.07, 6.45) is 3.67. The van der Waals surface area contributed by atoms with Crippen molar-refractivity contribution in [3.63, 3.8) is 0 Å². The molecule has 0 spiro atoms. The number of ether oxygens (including phenoxy) is 1. The lowest BCUT2D eigenvalue weighted by atomic mass is 9.86. The zero-order chi connectivity index (χ0) is 18.6. The minimum absolute atomic E-state index is 0.00923. The van der Waals surface area contributed by atoms with Gasteiger partial charge in [0, 0.05) is 0 Å². The molecular weight excluding hydrogens is 329 g/mol. The van der Waals surface area contributed by atoms with Gasteiger partial charge in [0.25, 0.3) is 0 Å². The van der Waals surface area contributed by atoms with E-state index in [2.05, 4.69) is 4.74 Å². The molecule has 0 aromatic heterocycles. The Kier molecular flexibility index (Phi) is 6.53.